The fourth-order valence-electron chi connectivity index (χ4n) is 1.38. The van der Waals surface area contributed by atoms with E-state index in [1.54, 1.807) is 24.3 Å². The molecule has 2 amide bonds. The van der Waals surface area contributed by atoms with Crippen LogP contribution in [0.1, 0.15) is 0 Å². The van der Waals surface area contributed by atoms with Crippen LogP contribution in [-0.4, -0.2) is 24.9 Å². The molecular formula is C10H14N4O2. The van der Waals surface area contributed by atoms with Crippen LogP contribution in [0.4, 0.5) is 11.4 Å². The Bertz CT molecular complexity index is 390. The van der Waals surface area contributed by atoms with Gasteiger partial charge in [0.2, 0.25) is 11.8 Å². The van der Waals surface area contributed by atoms with Crippen LogP contribution in [0.2, 0.25) is 0 Å². The smallest absolute Gasteiger partial charge is 0.236 e. The fraction of sp³-hybridized carbons (Fsp3) is 0.200. The molecule has 0 atom stereocenters. The van der Waals surface area contributed by atoms with Crippen LogP contribution in [0, 0.1) is 0 Å². The first-order valence-corrected chi connectivity index (χ1v) is 4.66. The van der Waals surface area contributed by atoms with Gasteiger partial charge < -0.3 is 22.1 Å². The molecule has 0 saturated heterocycles. The summed E-state index contributed by atoms with van der Waals surface area (Å²) >= 11 is 0. The van der Waals surface area contributed by atoms with E-state index in [0.717, 1.165) is 0 Å². The molecule has 0 heterocycles. The second kappa shape index (κ2) is 5.01. The number of nitrogens with two attached hydrogens (primary N) is 3. The highest BCUT2D eigenvalue weighted by molar-refractivity contribution is 5.86. The number of nitrogens with zero attached hydrogens (tertiary/aromatic N) is 1. The fourth-order valence-corrected chi connectivity index (χ4v) is 1.38. The molecule has 0 unspecified atom stereocenters. The van der Waals surface area contributed by atoms with Crippen LogP contribution < -0.4 is 22.1 Å². The standard InChI is InChI=1S/C10H14N4O2/c11-7-3-1-2-4-8(7)14(5-9(12)15)6-10(13)16/h1-4H,5-6,11H2,(H2,12,15)(H2,13,16). The summed E-state index contributed by atoms with van der Waals surface area (Å²) in [5.41, 5.74) is 16.9. The molecule has 0 aliphatic heterocycles. The van der Waals surface area contributed by atoms with E-state index in [1.165, 1.54) is 4.90 Å². The molecule has 0 bridgehead atoms. The van der Waals surface area contributed by atoms with Gasteiger partial charge in [0.1, 0.15) is 0 Å². The molecule has 1 aromatic rings. The number of carbonyl (C=O) groups excluding carboxylic acids is 2. The third-order valence-electron chi connectivity index (χ3n) is 1.97. The van der Waals surface area contributed by atoms with Crippen LogP contribution in [0.5, 0.6) is 0 Å². The summed E-state index contributed by atoms with van der Waals surface area (Å²) in [5.74, 6) is -1.10. The zero-order chi connectivity index (χ0) is 12.1. The number of benzene rings is 1. The molecule has 1 aromatic carbocycles. The van der Waals surface area contributed by atoms with Crippen LogP contribution in [0.15, 0.2) is 24.3 Å². The highest BCUT2D eigenvalue weighted by atomic mass is 16.2. The molecule has 86 valence electrons. The van der Waals surface area contributed by atoms with Crippen LogP contribution in [-0.2, 0) is 9.59 Å². The van der Waals surface area contributed by atoms with Gasteiger partial charge in [-0.2, -0.15) is 0 Å². The van der Waals surface area contributed by atoms with Crippen molar-refractivity contribution in [1.29, 1.82) is 0 Å². The molecule has 16 heavy (non-hydrogen) atoms. The van der Waals surface area contributed by atoms with Gasteiger partial charge in [0.15, 0.2) is 0 Å². The number of hydrogen-bond donors (Lipinski definition) is 3. The zero-order valence-electron chi connectivity index (χ0n) is 8.72. The van der Waals surface area contributed by atoms with E-state index in [0.29, 0.717) is 11.4 Å². The summed E-state index contributed by atoms with van der Waals surface area (Å²) in [7, 11) is 0. The average molecular weight is 222 g/mol. The molecule has 6 nitrogen and oxygen atoms in total. The lowest BCUT2D eigenvalue weighted by atomic mass is 10.2. The van der Waals surface area contributed by atoms with Gasteiger partial charge in [-0.25, -0.2) is 0 Å². The lowest BCUT2D eigenvalue weighted by Crippen LogP contribution is -2.40. The second-order valence-electron chi connectivity index (χ2n) is 3.35. The maximum atomic E-state index is 10.9. The van der Waals surface area contributed by atoms with Crippen molar-refractivity contribution in [2.24, 2.45) is 11.5 Å². The van der Waals surface area contributed by atoms with Crippen LogP contribution in [0.25, 0.3) is 0 Å². The SMILES string of the molecule is NC(=O)CN(CC(N)=O)c1ccccc1N. The monoisotopic (exact) mass is 222 g/mol. The number of carbonyl (C=O) groups is 2. The van der Waals surface area contributed by atoms with Crippen LogP contribution in [0.3, 0.4) is 0 Å². The van der Waals surface area contributed by atoms with Gasteiger partial charge >= 0.3 is 0 Å². The van der Waals surface area contributed by atoms with E-state index in [2.05, 4.69) is 0 Å². The predicted octanol–water partition coefficient (Wildman–Crippen LogP) is -0.954. The zero-order valence-corrected chi connectivity index (χ0v) is 8.72. The molecule has 0 saturated carbocycles. The van der Waals surface area contributed by atoms with Crippen molar-refractivity contribution in [2.45, 2.75) is 0 Å². The summed E-state index contributed by atoms with van der Waals surface area (Å²) in [4.78, 5) is 23.2. The Morgan fingerprint density at radius 2 is 1.56 bits per heavy atom. The second-order valence-corrected chi connectivity index (χ2v) is 3.35. The summed E-state index contributed by atoms with van der Waals surface area (Å²) < 4.78 is 0. The number of rotatable bonds is 5. The Morgan fingerprint density at radius 1 is 1.06 bits per heavy atom. The molecule has 0 aliphatic rings. The average Bonchev–Trinajstić information content (AvgIpc) is 2.15. The number of para-hydroxylation sites is 2. The maximum Gasteiger partial charge on any atom is 0.236 e. The highest BCUT2D eigenvalue weighted by Gasteiger charge is 2.13. The lowest BCUT2D eigenvalue weighted by Gasteiger charge is -2.22. The van der Waals surface area contributed by atoms with Gasteiger partial charge in [0, 0.05) is 0 Å². The van der Waals surface area contributed by atoms with Gasteiger partial charge in [-0.1, -0.05) is 12.1 Å². The van der Waals surface area contributed by atoms with E-state index in [-0.39, 0.29) is 13.1 Å². The highest BCUT2D eigenvalue weighted by Crippen LogP contribution is 2.21. The first-order chi connectivity index (χ1) is 7.50. The third kappa shape index (κ3) is 3.16. The molecule has 0 radical (unpaired) electrons. The molecule has 6 N–H and O–H groups in total. The lowest BCUT2D eigenvalue weighted by molar-refractivity contribution is -0.117. The molecule has 0 aromatic heterocycles. The molecular weight excluding hydrogens is 208 g/mol. The van der Waals surface area contributed by atoms with Crippen molar-refractivity contribution in [3.8, 4) is 0 Å². The van der Waals surface area contributed by atoms with E-state index in [9.17, 15) is 9.59 Å². The topological polar surface area (TPSA) is 115 Å². The first-order valence-electron chi connectivity index (χ1n) is 4.66. The van der Waals surface area contributed by atoms with Crippen molar-refractivity contribution in [3.05, 3.63) is 24.3 Å². The normalized spacial score (nSPS) is 9.75. The van der Waals surface area contributed by atoms with Crippen LogP contribution >= 0.6 is 0 Å². The van der Waals surface area contributed by atoms with Crippen molar-refractivity contribution in [1.82, 2.24) is 0 Å². The number of primary amides is 2. The van der Waals surface area contributed by atoms with Gasteiger partial charge in [0.25, 0.3) is 0 Å². The quantitative estimate of drug-likeness (QED) is 0.557. The molecule has 1 rings (SSSR count). The van der Waals surface area contributed by atoms with Gasteiger partial charge in [-0.3, -0.25) is 9.59 Å². The number of anilines is 2. The minimum absolute atomic E-state index is 0.100. The Balaban J connectivity index is 2.96. The van der Waals surface area contributed by atoms with Gasteiger partial charge in [-0.15, -0.1) is 0 Å². The Hall–Kier alpha value is -2.24. The molecule has 6 heteroatoms. The van der Waals surface area contributed by atoms with Crippen molar-refractivity contribution in [3.63, 3.8) is 0 Å². The van der Waals surface area contributed by atoms with Crippen molar-refractivity contribution < 1.29 is 9.59 Å². The van der Waals surface area contributed by atoms with E-state index in [1.807, 2.05) is 0 Å². The third-order valence-corrected chi connectivity index (χ3v) is 1.97. The van der Waals surface area contributed by atoms with E-state index >= 15 is 0 Å². The van der Waals surface area contributed by atoms with Gasteiger partial charge in [-0.05, 0) is 12.1 Å². The summed E-state index contributed by atoms with van der Waals surface area (Å²) in [5, 5.41) is 0. The predicted molar refractivity (Wildman–Crippen MR) is 61.5 cm³/mol. The minimum Gasteiger partial charge on any atom is -0.397 e. The summed E-state index contributed by atoms with van der Waals surface area (Å²) in [6.45, 7) is -0.200. The van der Waals surface area contributed by atoms with Crippen molar-refractivity contribution in [2.75, 3.05) is 23.7 Å². The number of nitrogen functional groups attached to an aromatic ring is 1. The summed E-state index contributed by atoms with van der Waals surface area (Å²) in [6.07, 6.45) is 0. The van der Waals surface area contributed by atoms with Gasteiger partial charge in [0.05, 0.1) is 24.5 Å². The van der Waals surface area contributed by atoms with E-state index < -0.39 is 11.8 Å². The number of amides is 2. The largest absolute Gasteiger partial charge is 0.397 e. The summed E-state index contributed by atoms with van der Waals surface area (Å²) in [6, 6.07) is 6.87. The Morgan fingerprint density at radius 3 is 2.00 bits per heavy atom. The molecule has 0 fully saturated rings. The Kier molecular flexibility index (Phi) is 3.71. The number of hydrogen-bond acceptors (Lipinski definition) is 4. The molecule has 0 aliphatic carbocycles. The first kappa shape index (κ1) is 11.8. The van der Waals surface area contributed by atoms with E-state index in [4.69, 9.17) is 17.2 Å². The minimum atomic E-state index is -0.551. The maximum absolute atomic E-state index is 10.9. The Labute approximate surface area is 93.0 Å². The molecule has 0 spiro atoms. The van der Waals surface area contributed by atoms with Crippen molar-refractivity contribution >= 4 is 23.2 Å².